The van der Waals surface area contributed by atoms with Crippen molar-refractivity contribution in [1.82, 2.24) is 14.8 Å². The van der Waals surface area contributed by atoms with E-state index in [2.05, 4.69) is 64.3 Å². The summed E-state index contributed by atoms with van der Waals surface area (Å²) in [4.78, 5) is 1.29. The fourth-order valence-corrected chi connectivity index (χ4v) is 5.08. The molecule has 4 rings (SSSR count). The zero-order chi connectivity index (χ0) is 19.7. The number of halogens is 1. The van der Waals surface area contributed by atoms with Crippen molar-refractivity contribution in [3.05, 3.63) is 74.9 Å². The number of thioether (sulfide) groups is 1. The smallest absolute Gasteiger partial charge is 0.191 e. The summed E-state index contributed by atoms with van der Waals surface area (Å²) >= 11 is 9.51. The van der Waals surface area contributed by atoms with Crippen molar-refractivity contribution in [3.8, 4) is 22.5 Å². The first-order valence-corrected chi connectivity index (χ1v) is 11.2. The summed E-state index contributed by atoms with van der Waals surface area (Å²) in [6, 6.07) is 16.6. The van der Waals surface area contributed by atoms with Gasteiger partial charge in [-0.1, -0.05) is 65.3 Å². The third kappa shape index (κ3) is 3.88. The third-order valence-corrected chi connectivity index (χ3v) is 6.89. The number of thiophene rings is 1. The van der Waals surface area contributed by atoms with Gasteiger partial charge >= 0.3 is 0 Å². The molecule has 0 saturated carbocycles. The van der Waals surface area contributed by atoms with E-state index in [1.165, 1.54) is 27.1 Å². The SMILES string of the molecule is Cc1ccc(-c2c(-c3nnc(SCc4cccc(Cl)c4)n3C)csc2C)cc1. The van der Waals surface area contributed by atoms with E-state index in [4.69, 9.17) is 11.6 Å². The zero-order valence-corrected chi connectivity index (χ0v) is 18.3. The molecule has 0 atom stereocenters. The van der Waals surface area contributed by atoms with Crippen molar-refractivity contribution in [1.29, 1.82) is 0 Å². The van der Waals surface area contributed by atoms with Crippen LogP contribution in [0.1, 0.15) is 16.0 Å². The average Bonchev–Trinajstić information content (AvgIpc) is 3.23. The second-order valence-electron chi connectivity index (χ2n) is 6.73. The monoisotopic (exact) mass is 425 g/mol. The molecule has 0 amide bonds. The van der Waals surface area contributed by atoms with Gasteiger partial charge in [0.2, 0.25) is 0 Å². The number of aromatic nitrogens is 3. The normalized spacial score (nSPS) is 11.1. The number of rotatable bonds is 5. The highest BCUT2D eigenvalue weighted by Crippen LogP contribution is 2.39. The Kier molecular flexibility index (Phi) is 5.58. The second-order valence-corrected chi connectivity index (χ2v) is 9.19. The predicted molar refractivity (Wildman–Crippen MR) is 120 cm³/mol. The first-order chi connectivity index (χ1) is 13.5. The molecule has 2 aromatic carbocycles. The van der Waals surface area contributed by atoms with Gasteiger partial charge in [0.25, 0.3) is 0 Å². The first-order valence-electron chi connectivity index (χ1n) is 8.95. The molecule has 3 nitrogen and oxygen atoms in total. The van der Waals surface area contributed by atoms with E-state index < -0.39 is 0 Å². The van der Waals surface area contributed by atoms with Gasteiger partial charge in [0.05, 0.1) is 0 Å². The molecular weight excluding hydrogens is 406 g/mol. The maximum Gasteiger partial charge on any atom is 0.191 e. The first kappa shape index (κ1) is 19.2. The van der Waals surface area contributed by atoms with Crippen LogP contribution < -0.4 is 0 Å². The fourth-order valence-electron chi connectivity index (χ4n) is 3.15. The standard InChI is InChI=1S/C22H20ClN3S2/c1-14-7-9-17(10-8-14)20-15(2)27-13-19(20)21-24-25-22(26(21)3)28-12-16-5-4-6-18(23)11-16/h4-11,13H,12H2,1-3H3. The molecule has 2 heterocycles. The Hall–Kier alpha value is -2.08. The number of hydrogen-bond acceptors (Lipinski definition) is 4. The van der Waals surface area contributed by atoms with Crippen molar-refractivity contribution in [3.63, 3.8) is 0 Å². The molecule has 0 saturated heterocycles. The van der Waals surface area contributed by atoms with Crippen molar-refractivity contribution in [2.45, 2.75) is 24.8 Å². The van der Waals surface area contributed by atoms with Gasteiger partial charge in [-0.05, 0) is 37.1 Å². The molecule has 0 bridgehead atoms. The van der Waals surface area contributed by atoms with Gasteiger partial charge in [-0.15, -0.1) is 21.5 Å². The molecule has 0 radical (unpaired) electrons. The highest BCUT2D eigenvalue weighted by atomic mass is 35.5. The van der Waals surface area contributed by atoms with Crippen molar-refractivity contribution in [2.75, 3.05) is 0 Å². The number of hydrogen-bond donors (Lipinski definition) is 0. The highest BCUT2D eigenvalue weighted by Gasteiger charge is 2.19. The van der Waals surface area contributed by atoms with Crippen molar-refractivity contribution >= 4 is 34.7 Å². The molecule has 4 aromatic rings. The Morgan fingerprint density at radius 2 is 1.86 bits per heavy atom. The second kappa shape index (κ2) is 8.11. The lowest BCUT2D eigenvalue weighted by Gasteiger charge is -2.08. The minimum absolute atomic E-state index is 0.758. The van der Waals surface area contributed by atoms with Crippen LogP contribution in [0.4, 0.5) is 0 Å². The van der Waals surface area contributed by atoms with Gasteiger partial charge < -0.3 is 4.57 Å². The summed E-state index contributed by atoms with van der Waals surface area (Å²) in [5.41, 5.74) is 6.03. The lowest BCUT2D eigenvalue weighted by molar-refractivity contribution is 0.794. The minimum Gasteiger partial charge on any atom is -0.305 e. The molecule has 0 fully saturated rings. The van der Waals surface area contributed by atoms with E-state index >= 15 is 0 Å². The molecular formula is C22H20ClN3S2. The average molecular weight is 426 g/mol. The van der Waals surface area contributed by atoms with Crippen LogP contribution in [0, 0.1) is 13.8 Å². The maximum absolute atomic E-state index is 6.09. The van der Waals surface area contributed by atoms with Crippen LogP contribution in [0.2, 0.25) is 5.02 Å². The van der Waals surface area contributed by atoms with Gasteiger partial charge in [0.1, 0.15) is 0 Å². The van der Waals surface area contributed by atoms with Crippen LogP contribution in [0.15, 0.2) is 59.1 Å². The van der Waals surface area contributed by atoms with Gasteiger partial charge in [0.15, 0.2) is 11.0 Å². The predicted octanol–water partition coefficient (Wildman–Crippen LogP) is 6.77. The van der Waals surface area contributed by atoms with E-state index in [-0.39, 0.29) is 0 Å². The van der Waals surface area contributed by atoms with E-state index in [0.717, 1.165) is 27.3 Å². The van der Waals surface area contributed by atoms with Gasteiger partial charge in [-0.25, -0.2) is 0 Å². The summed E-state index contributed by atoms with van der Waals surface area (Å²) in [6.45, 7) is 4.27. The Labute approximate surface area is 178 Å². The minimum atomic E-state index is 0.758. The van der Waals surface area contributed by atoms with Crippen LogP contribution in [0.3, 0.4) is 0 Å². The van der Waals surface area contributed by atoms with Crippen LogP contribution in [-0.2, 0) is 12.8 Å². The molecule has 0 aliphatic rings. The zero-order valence-electron chi connectivity index (χ0n) is 15.9. The summed E-state index contributed by atoms with van der Waals surface area (Å²) in [5.74, 6) is 1.70. The molecule has 0 N–H and O–H groups in total. The lowest BCUT2D eigenvalue weighted by Crippen LogP contribution is -1.96. The summed E-state index contributed by atoms with van der Waals surface area (Å²) in [5, 5.41) is 12.8. The number of aryl methyl sites for hydroxylation is 2. The quantitative estimate of drug-likeness (QED) is 0.330. The molecule has 6 heteroatoms. The molecule has 0 unspecified atom stereocenters. The van der Waals surface area contributed by atoms with Crippen molar-refractivity contribution < 1.29 is 0 Å². The van der Waals surface area contributed by atoms with E-state index in [1.807, 2.05) is 25.2 Å². The van der Waals surface area contributed by atoms with Crippen LogP contribution >= 0.6 is 34.7 Å². The molecule has 0 aliphatic heterocycles. The van der Waals surface area contributed by atoms with Gasteiger partial charge in [-0.3, -0.25) is 0 Å². The van der Waals surface area contributed by atoms with Crippen LogP contribution in [0.5, 0.6) is 0 Å². The Balaban J connectivity index is 1.64. The number of benzene rings is 2. The van der Waals surface area contributed by atoms with Crippen LogP contribution in [-0.4, -0.2) is 14.8 Å². The molecule has 142 valence electrons. The van der Waals surface area contributed by atoms with Crippen molar-refractivity contribution in [2.24, 2.45) is 7.05 Å². The summed E-state index contributed by atoms with van der Waals surface area (Å²) in [6.07, 6.45) is 0. The number of nitrogens with zero attached hydrogens (tertiary/aromatic N) is 3. The molecule has 0 aliphatic carbocycles. The lowest BCUT2D eigenvalue weighted by atomic mass is 10.0. The highest BCUT2D eigenvalue weighted by molar-refractivity contribution is 7.98. The topological polar surface area (TPSA) is 30.7 Å². The Morgan fingerprint density at radius 3 is 2.61 bits per heavy atom. The van der Waals surface area contributed by atoms with E-state index in [9.17, 15) is 0 Å². The van der Waals surface area contributed by atoms with Gasteiger partial charge in [-0.2, -0.15) is 0 Å². The Bertz CT molecular complexity index is 1110. The van der Waals surface area contributed by atoms with Gasteiger partial charge in [0, 0.05) is 39.2 Å². The van der Waals surface area contributed by atoms with Crippen LogP contribution in [0.25, 0.3) is 22.5 Å². The summed E-state index contributed by atoms with van der Waals surface area (Å²) in [7, 11) is 2.03. The van der Waals surface area contributed by atoms with E-state index in [0.29, 0.717) is 0 Å². The largest absolute Gasteiger partial charge is 0.305 e. The summed E-state index contributed by atoms with van der Waals surface area (Å²) < 4.78 is 2.08. The third-order valence-electron chi connectivity index (χ3n) is 4.65. The Morgan fingerprint density at radius 1 is 1.07 bits per heavy atom. The van der Waals surface area contributed by atoms with E-state index in [1.54, 1.807) is 23.1 Å². The molecule has 0 spiro atoms. The molecule has 2 aromatic heterocycles. The maximum atomic E-state index is 6.09. The molecule has 28 heavy (non-hydrogen) atoms. The fraction of sp³-hybridized carbons (Fsp3) is 0.182.